The van der Waals surface area contributed by atoms with Crippen LogP contribution in [0.1, 0.15) is 11.5 Å². The molecule has 1 atom stereocenters. The first-order valence-electron chi connectivity index (χ1n) is 8.94. The molecule has 0 radical (unpaired) electrons. The SMILES string of the molecule is Cn1c(N2CCOCC(c3ccccc3)C2)nc(-c2ccncn2)cc1=O. The van der Waals surface area contributed by atoms with Crippen LogP contribution in [0.5, 0.6) is 0 Å². The summed E-state index contributed by atoms with van der Waals surface area (Å²) >= 11 is 0. The van der Waals surface area contributed by atoms with Crippen molar-refractivity contribution in [3.05, 3.63) is 70.9 Å². The van der Waals surface area contributed by atoms with Crippen molar-refractivity contribution < 1.29 is 4.74 Å². The van der Waals surface area contributed by atoms with E-state index in [9.17, 15) is 4.79 Å². The summed E-state index contributed by atoms with van der Waals surface area (Å²) in [5.74, 6) is 0.843. The zero-order valence-corrected chi connectivity index (χ0v) is 15.2. The quantitative estimate of drug-likeness (QED) is 0.707. The highest BCUT2D eigenvalue weighted by atomic mass is 16.5. The molecule has 2 aromatic heterocycles. The first-order chi connectivity index (χ1) is 13.2. The average molecular weight is 363 g/mol. The zero-order valence-electron chi connectivity index (χ0n) is 15.2. The third-order valence-corrected chi connectivity index (χ3v) is 4.77. The Labute approximate surface area is 157 Å². The first-order valence-corrected chi connectivity index (χ1v) is 8.94. The average Bonchev–Trinajstić information content (AvgIpc) is 2.97. The Morgan fingerprint density at radius 3 is 2.78 bits per heavy atom. The standard InChI is InChI=1S/C20H21N5O2/c1-24-19(26)11-18(17-7-8-21-14-22-17)23-20(24)25-9-10-27-13-16(12-25)15-5-3-2-4-6-15/h2-8,11,14,16H,9-10,12-13H2,1H3. The van der Waals surface area contributed by atoms with Crippen molar-refractivity contribution in [3.8, 4) is 11.4 Å². The van der Waals surface area contributed by atoms with Crippen molar-refractivity contribution in [2.24, 2.45) is 7.05 Å². The molecule has 3 heterocycles. The Bertz CT molecular complexity index is 959. The Morgan fingerprint density at radius 1 is 1.15 bits per heavy atom. The van der Waals surface area contributed by atoms with Gasteiger partial charge in [0, 0.05) is 38.3 Å². The summed E-state index contributed by atoms with van der Waals surface area (Å²) in [6.07, 6.45) is 3.10. The normalized spacial score (nSPS) is 17.5. The van der Waals surface area contributed by atoms with Gasteiger partial charge in [-0.05, 0) is 11.6 Å². The summed E-state index contributed by atoms with van der Waals surface area (Å²) in [7, 11) is 1.75. The molecule has 3 aromatic rings. The number of nitrogens with zero attached hydrogens (tertiary/aromatic N) is 5. The van der Waals surface area contributed by atoms with Crippen LogP contribution in [0.25, 0.3) is 11.4 Å². The Morgan fingerprint density at radius 2 is 2.00 bits per heavy atom. The highest BCUT2D eigenvalue weighted by Crippen LogP contribution is 2.23. The monoisotopic (exact) mass is 363 g/mol. The smallest absolute Gasteiger partial charge is 0.255 e. The molecule has 27 heavy (non-hydrogen) atoms. The highest BCUT2D eigenvalue weighted by molar-refractivity contribution is 5.55. The van der Waals surface area contributed by atoms with E-state index >= 15 is 0 Å². The maximum Gasteiger partial charge on any atom is 0.255 e. The van der Waals surface area contributed by atoms with Gasteiger partial charge in [0.25, 0.3) is 5.56 Å². The maximum atomic E-state index is 12.5. The van der Waals surface area contributed by atoms with Gasteiger partial charge in [-0.2, -0.15) is 0 Å². The minimum absolute atomic E-state index is 0.116. The van der Waals surface area contributed by atoms with E-state index in [1.165, 1.54) is 18.0 Å². The van der Waals surface area contributed by atoms with Crippen LogP contribution in [0.15, 0.2) is 59.8 Å². The Hall–Kier alpha value is -3.06. The van der Waals surface area contributed by atoms with E-state index in [2.05, 4.69) is 27.0 Å². The van der Waals surface area contributed by atoms with Crippen LogP contribution in [0, 0.1) is 0 Å². The lowest BCUT2D eigenvalue weighted by Crippen LogP contribution is -2.35. The second-order valence-electron chi connectivity index (χ2n) is 6.56. The van der Waals surface area contributed by atoms with E-state index in [0.717, 1.165) is 6.54 Å². The predicted octanol–water partition coefficient (Wildman–Crippen LogP) is 1.86. The van der Waals surface area contributed by atoms with Crippen LogP contribution in [0.4, 0.5) is 5.95 Å². The molecular formula is C20H21N5O2. The highest BCUT2D eigenvalue weighted by Gasteiger charge is 2.23. The number of aromatic nitrogens is 4. The third-order valence-electron chi connectivity index (χ3n) is 4.77. The number of ether oxygens (including phenoxy) is 1. The summed E-state index contributed by atoms with van der Waals surface area (Å²) in [5, 5.41) is 0. The lowest BCUT2D eigenvalue weighted by Gasteiger charge is -2.26. The van der Waals surface area contributed by atoms with Crippen molar-refractivity contribution in [2.75, 3.05) is 31.2 Å². The molecule has 1 aliphatic heterocycles. The van der Waals surface area contributed by atoms with Crippen LogP contribution >= 0.6 is 0 Å². The van der Waals surface area contributed by atoms with E-state index in [1.54, 1.807) is 23.9 Å². The second-order valence-corrected chi connectivity index (χ2v) is 6.56. The van der Waals surface area contributed by atoms with Gasteiger partial charge in [-0.15, -0.1) is 0 Å². The summed E-state index contributed by atoms with van der Waals surface area (Å²) in [5.41, 5.74) is 2.29. The summed E-state index contributed by atoms with van der Waals surface area (Å²) in [6, 6.07) is 13.6. The van der Waals surface area contributed by atoms with Crippen LogP contribution in [0.2, 0.25) is 0 Å². The largest absolute Gasteiger partial charge is 0.379 e. The van der Waals surface area contributed by atoms with Crippen LogP contribution in [-0.2, 0) is 11.8 Å². The lowest BCUT2D eigenvalue weighted by molar-refractivity contribution is 0.142. The molecule has 0 bridgehead atoms. The lowest BCUT2D eigenvalue weighted by atomic mass is 10.00. The van der Waals surface area contributed by atoms with E-state index in [-0.39, 0.29) is 11.5 Å². The molecule has 0 spiro atoms. The fourth-order valence-corrected chi connectivity index (χ4v) is 3.30. The van der Waals surface area contributed by atoms with Gasteiger partial charge in [0.1, 0.15) is 6.33 Å². The molecule has 0 amide bonds. The first kappa shape index (κ1) is 17.4. The molecule has 138 valence electrons. The van der Waals surface area contributed by atoms with E-state index < -0.39 is 0 Å². The van der Waals surface area contributed by atoms with E-state index in [4.69, 9.17) is 9.72 Å². The molecule has 1 saturated heterocycles. The number of hydrogen-bond donors (Lipinski definition) is 0. The molecular weight excluding hydrogens is 342 g/mol. The van der Waals surface area contributed by atoms with E-state index in [1.807, 2.05) is 18.2 Å². The van der Waals surface area contributed by atoms with Crippen molar-refractivity contribution in [2.45, 2.75) is 5.92 Å². The van der Waals surface area contributed by atoms with Gasteiger partial charge in [-0.3, -0.25) is 9.36 Å². The van der Waals surface area contributed by atoms with Gasteiger partial charge < -0.3 is 9.64 Å². The molecule has 1 unspecified atom stereocenters. The van der Waals surface area contributed by atoms with Gasteiger partial charge in [-0.1, -0.05) is 30.3 Å². The fourth-order valence-electron chi connectivity index (χ4n) is 3.30. The molecule has 4 rings (SSSR count). The molecule has 1 aromatic carbocycles. The molecule has 0 N–H and O–H groups in total. The van der Waals surface area contributed by atoms with Crippen molar-refractivity contribution in [3.63, 3.8) is 0 Å². The zero-order chi connectivity index (χ0) is 18.6. The minimum Gasteiger partial charge on any atom is -0.379 e. The van der Waals surface area contributed by atoms with Gasteiger partial charge in [0.05, 0.1) is 24.6 Å². The molecule has 1 aliphatic rings. The van der Waals surface area contributed by atoms with Gasteiger partial charge in [-0.25, -0.2) is 15.0 Å². The van der Waals surface area contributed by atoms with E-state index in [0.29, 0.717) is 37.1 Å². The Balaban J connectivity index is 1.71. The molecule has 7 heteroatoms. The number of anilines is 1. The van der Waals surface area contributed by atoms with Gasteiger partial charge in [0.15, 0.2) is 0 Å². The summed E-state index contributed by atoms with van der Waals surface area (Å²) in [6.45, 7) is 2.66. The molecule has 0 aliphatic carbocycles. The van der Waals surface area contributed by atoms with Crippen molar-refractivity contribution >= 4 is 5.95 Å². The summed E-state index contributed by atoms with van der Waals surface area (Å²) < 4.78 is 7.40. The molecule has 1 fully saturated rings. The third kappa shape index (κ3) is 3.73. The molecule has 7 nitrogen and oxygen atoms in total. The predicted molar refractivity (Wildman–Crippen MR) is 103 cm³/mol. The van der Waals surface area contributed by atoms with Crippen LogP contribution in [0.3, 0.4) is 0 Å². The maximum absolute atomic E-state index is 12.5. The molecule has 0 saturated carbocycles. The van der Waals surface area contributed by atoms with Crippen molar-refractivity contribution in [1.29, 1.82) is 0 Å². The topological polar surface area (TPSA) is 73.1 Å². The van der Waals surface area contributed by atoms with Crippen LogP contribution in [-0.4, -0.2) is 45.8 Å². The van der Waals surface area contributed by atoms with Gasteiger partial charge >= 0.3 is 0 Å². The number of benzene rings is 1. The van der Waals surface area contributed by atoms with Crippen molar-refractivity contribution in [1.82, 2.24) is 19.5 Å². The summed E-state index contributed by atoms with van der Waals surface area (Å²) in [4.78, 5) is 27.5. The number of rotatable bonds is 3. The second kappa shape index (κ2) is 7.67. The number of hydrogen-bond acceptors (Lipinski definition) is 6. The van der Waals surface area contributed by atoms with Gasteiger partial charge in [0.2, 0.25) is 5.95 Å². The fraction of sp³-hybridized carbons (Fsp3) is 0.300. The Kier molecular flexibility index (Phi) is 4.93. The van der Waals surface area contributed by atoms with Crippen LogP contribution < -0.4 is 10.5 Å². The minimum atomic E-state index is -0.116.